The Bertz CT molecular complexity index is 576. The van der Waals surface area contributed by atoms with Crippen LogP contribution in [0, 0.1) is 0 Å². The van der Waals surface area contributed by atoms with E-state index in [9.17, 15) is 14.4 Å². The zero-order valence-corrected chi connectivity index (χ0v) is 13.1. The van der Waals surface area contributed by atoms with Crippen LogP contribution in [0.4, 0.5) is 0 Å². The minimum atomic E-state index is -0.825. The fourth-order valence-corrected chi connectivity index (χ4v) is 2.84. The second-order valence-electron chi connectivity index (χ2n) is 4.69. The summed E-state index contributed by atoms with van der Waals surface area (Å²) in [4.78, 5) is 37.1. The molecule has 2 amide bonds. The normalized spacial score (nSPS) is 18.0. The van der Waals surface area contributed by atoms with Crippen molar-refractivity contribution in [3.05, 3.63) is 6.33 Å². The summed E-state index contributed by atoms with van der Waals surface area (Å²) in [5, 5.41) is 10.9. The van der Waals surface area contributed by atoms with Gasteiger partial charge >= 0.3 is 5.97 Å². The Hall–Kier alpha value is -2.10. The number of nitrogens with one attached hydrogen (secondary N) is 1. The number of piperazine rings is 1. The summed E-state index contributed by atoms with van der Waals surface area (Å²) in [5.74, 6) is -0.969. The SMILES string of the molecule is COC(=O)C[C@@H]1C(=O)NCCN1C(=O)CSc1nncn1C. The lowest BCUT2D eigenvalue weighted by Crippen LogP contribution is -2.58. The Kier molecular flexibility index (Phi) is 5.36. The molecule has 0 radical (unpaired) electrons. The summed E-state index contributed by atoms with van der Waals surface area (Å²) < 4.78 is 6.28. The number of carbonyl (C=O) groups is 3. The third-order valence-electron chi connectivity index (χ3n) is 3.23. The van der Waals surface area contributed by atoms with Crippen LogP contribution in [0.1, 0.15) is 6.42 Å². The van der Waals surface area contributed by atoms with Crippen molar-refractivity contribution in [1.29, 1.82) is 0 Å². The first-order chi connectivity index (χ1) is 10.5. The first-order valence-electron chi connectivity index (χ1n) is 6.63. The van der Waals surface area contributed by atoms with Gasteiger partial charge in [0, 0.05) is 20.1 Å². The molecule has 9 nitrogen and oxygen atoms in total. The lowest BCUT2D eigenvalue weighted by Gasteiger charge is -2.34. The van der Waals surface area contributed by atoms with E-state index in [1.807, 2.05) is 0 Å². The van der Waals surface area contributed by atoms with Crippen LogP contribution in [0.2, 0.25) is 0 Å². The second-order valence-corrected chi connectivity index (χ2v) is 5.63. The van der Waals surface area contributed by atoms with Gasteiger partial charge in [0.2, 0.25) is 11.8 Å². The van der Waals surface area contributed by atoms with Gasteiger partial charge in [-0.1, -0.05) is 11.8 Å². The maximum atomic E-state index is 12.3. The van der Waals surface area contributed by atoms with Crippen molar-refractivity contribution >= 4 is 29.5 Å². The van der Waals surface area contributed by atoms with Crippen LogP contribution < -0.4 is 5.32 Å². The van der Waals surface area contributed by atoms with Gasteiger partial charge in [0.15, 0.2) is 5.16 Å². The predicted octanol–water partition coefficient (Wildman–Crippen LogP) is -1.20. The molecule has 1 aliphatic heterocycles. The Morgan fingerprint density at radius 3 is 2.95 bits per heavy atom. The van der Waals surface area contributed by atoms with E-state index in [2.05, 4.69) is 20.3 Å². The van der Waals surface area contributed by atoms with E-state index in [1.54, 1.807) is 17.9 Å². The van der Waals surface area contributed by atoms with Gasteiger partial charge in [-0.3, -0.25) is 14.4 Å². The number of methoxy groups -OCH3 is 1. The van der Waals surface area contributed by atoms with Crippen LogP contribution in [0.3, 0.4) is 0 Å². The molecule has 0 spiro atoms. The minimum absolute atomic E-state index is 0.123. The van der Waals surface area contributed by atoms with Gasteiger partial charge in [-0.15, -0.1) is 10.2 Å². The molecule has 2 heterocycles. The number of hydrogen-bond donors (Lipinski definition) is 1. The van der Waals surface area contributed by atoms with Crippen molar-refractivity contribution in [1.82, 2.24) is 25.0 Å². The maximum absolute atomic E-state index is 12.3. The highest BCUT2D eigenvalue weighted by Gasteiger charge is 2.34. The number of esters is 1. The van der Waals surface area contributed by atoms with Gasteiger partial charge in [-0.05, 0) is 0 Å². The van der Waals surface area contributed by atoms with E-state index >= 15 is 0 Å². The molecule has 1 fully saturated rings. The molecule has 1 aliphatic rings. The van der Waals surface area contributed by atoms with Gasteiger partial charge in [-0.2, -0.15) is 0 Å². The molecule has 0 bridgehead atoms. The Morgan fingerprint density at radius 1 is 1.55 bits per heavy atom. The van der Waals surface area contributed by atoms with Crippen LogP contribution in [0.5, 0.6) is 0 Å². The Morgan fingerprint density at radius 2 is 2.32 bits per heavy atom. The van der Waals surface area contributed by atoms with Gasteiger partial charge in [0.25, 0.3) is 0 Å². The standard InChI is InChI=1S/C12H17N5O4S/c1-16-7-14-15-12(16)22-6-9(18)17-4-3-13-11(20)8(17)5-10(19)21-2/h7-8H,3-6H2,1-2H3,(H,13,20)/t8-/m1/s1. The summed E-state index contributed by atoms with van der Waals surface area (Å²) in [6.07, 6.45) is 1.39. The van der Waals surface area contributed by atoms with E-state index in [0.717, 1.165) is 0 Å². The van der Waals surface area contributed by atoms with E-state index in [0.29, 0.717) is 18.2 Å². The molecule has 1 saturated heterocycles. The van der Waals surface area contributed by atoms with Crippen LogP contribution >= 0.6 is 11.8 Å². The first kappa shape index (κ1) is 16.3. The fourth-order valence-electron chi connectivity index (χ4n) is 2.07. The number of thioether (sulfide) groups is 1. The number of carbonyl (C=O) groups excluding carboxylic acids is 3. The van der Waals surface area contributed by atoms with Crippen LogP contribution in [-0.4, -0.2) is 69.4 Å². The molecule has 0 aromatic carbocycles. The lowest BCUT2D eigenvalue weighted by molar-refractivity contribution is -0.149. The monoisotopic (exact) mass is 327 g/mol. The molecule has 0 aliphatic carbocycles. The van der Waals surface area contributed by atoms with Gasteiger partial charge in [0.05, 0.1) is 19.3 Å². The molecule has 10 heteroatoms. The van der Waals surface area contributed by atoms with Gasteiger partial charge in [-0.25, -0.2) is 0 Å². The summed E-state index contributed by atoms with van der Waals surface area (Å²) in [5.41, 5.74) is 0. The Labute approximate surface area is 131 Å². The van der Waals surface area contributed by atoms with Crippen molar-refractivity contribution in [2.45, 2.75) is 17.6 Å². The predicted molar refractivity (Wildman–Crippen MR) is 76.9 cm³/mol. The molecule has 22 heavy (non-hydrogen) atoms. The number of aromatic nitrogens is 3. The highest BCUT2D eigenvalue weighted by atomic mass is 32.2. The summed E-state index contributed by atoms with van der Waals surface area (Å²) in [6, 6.07) is -0.825. The van der Waals surface area contributed by atoms with E-state index < -0.39 is 12.0 Å². The number of aryl methyl sites for hydroxylation is 1. The highest BCUT2D eigenvalue weighted by Crippen LogP contribution is 2.17. The number of rotatable bonds is 5. The molecular formula is C12H17N5O4S. The lowest BCUT2D eigenvalue weighted by atomic mass is 10.1. The smallest absolute Gasteiger partial charge is 0.308 e. The highest BCUT2D eigenvalue weighted by molar-refractivity contribution is 7.99. The second kappa shape index (κ2) is 7.25. The van der Waals surface area contributed by atoms with Crippen molar-refractivity contribution in [2.75, 3.05) is 26.0 Å². The van der Waals surface area contributed by atoms with E-state index in [-0.39, 0.29) is 24.0 Å². The van der Waals surface area contributed by atoms with Gasteiger partial charge in [0.1, 0.15) is 12.4 Å². The Balaban J connectivity index is 2.00. The van der Waals surface area contributed by atoms with Crippen molar-refractivity contribution < 1.29 is 19.1 Å². The molecular weight excluding hydrogens is 310 g/mol. The summed E-state index contributed by atoms with van der Waals surface area (Å²) in [7, 11) is 3.03. The summed E-state index contributed by atoms with van der Waals surface area (Å²) >= 11 is 1.23. The number of amides is 2. The van der Waals surface area contributed by atoms with Gasteiger partial charge < -0.3 is 19.5 Å². The topological polar surface area (TPSA) is 106 Å². The molecule has 1 atom stereocenters. The van der Waals surface area contributed by atoms with E-state index in [1.165, 1.54) is 23.8 Å². The third-order valence-corrected chi connectivity index (χ3v) is 4.25. The van der Waals surface area contributed by atoms with Crippen molar-refractivity contribution in [3.63, 3.8) is 0 Å². The maximum Gasteiger partial charge on any atom is 0.308 e. The average Bonchev–Trinajstić information content (AvgIpc) is 2.92. The molecule has 120 valence electrons. The van der Waals surface area contributed by atoms with Crippen LogP contribution in [0.25, 0.3) is 0 Å². The molecule has 1 N–H and O–H groups in total. The molecule has 1 aromatic rings. The van der Waals surface area contributed by atoms with Crippen molar-refractivity contribution in [3.8, 4) is 0 Å². The minimum Gasteiger partial charge on any atom is -0.469 e. The number of nitrogens with zero attached hydrogens (tertiary/aromatic N) is 4. The quantitative estimate of drug-likeness (QED) is 0.534. The zero-order chi connectivity index (χ0) is 16.1. The molecule has 0 unspecified atom stereocenters. The first-order valence-corrected chi connectivity index (χ1v) is 7.62. The number of hydrogen-bond acceptors (Lipinski definition) is 7. The fraction of sp³-hybridized carbons (Fsp3) is 0.583. The van der Waals surface area contributed by atoms with Crippen LogP contribution in [0.15, 0.2) is 11.5 Å². The average molecular weight is 327 g/mol. The zero-order valence-electron chi connectivity index (χ0n) is 12.3. The summed E-state index contributed by atoms with van der Waals surface area (Å²) in [6.45, 7) is 0.739. The van der Waals surface area contributed by atoms with Crippen LogP contribution in [-0.2, 0) is 26.2 Å². The largest absolute Gasteiger partial charge is 0.469 e. The van der Waals surface area contributed by atoms with E-state index in [4.69, 9.17) is 0 Å². The third kappa shape index (κ3) is 3.75. The molecule has 1 aromatic heterocycles. The molecule has 0 saturated carbocycles. The van der Waals surface area contributed by atoms with Crippen molar-refractivity contribution in [2.24, 2.45) is 7.05 Å². The molecule has 2 rings (SSSR count). The number of ether oxygens (including phenoxy) is 1.